The van der Waals surface area contributed by atoms with Crippen molar-refractivity contribution in [2.24, 2.45) is 0 Å². The zero-order valence-corrected chi connectivity index (χ0v) is 15.0. The maximum atomic E-state index is 12.7. The van der Waals surface area contributed by atoms with Crippen LogP contribution in [0.1, 0.15) is 32.8 Å². The standard InChI is InChI=1S/C17H25N3O2S/c1-17(2,3)15-5-7-16(8-6-15)23(21,22)20-13-11-19(12-14-20)10-4-9-18/h5-8H,4,10-14H2,1-3H3/p+1. The number of benzene rings is 1. The number of piperazine rings is 1. The monoisotopic (exact) mass is 336 g/mol. The zero-order valence-electron chi connectivity index (χ0n) is 14.2. The van der Waals surface area contributed by atoms with Crippen molar-refractivity contribution in [2.75, 3.05) is 32.7 Å². The highest BCUT2D eigenvalue weighted by Gasteiger charge is 2.30. The molecule has 1 N–H and O–H groups in total. The molecule has 0 unspecified atom stereocenters. The normalized spacial score (nSPS) is 17.8. The molecule has 1 aliphatic rings. The molecule has 1 fully saturated rings. The summed E-state index contributed by atoms with van der Waals surface area (Å²) in [7, 11) is -3.41. The van der Waals surface area contributed by atoms with Crippen molar-refractivity contribution < 1.29 is 13.3 Å². The molecule has 0 saturated carbocycles. The summed E-state index contributed by atoms with van der Waals surface area (Å²) in [6, 6.07) is 9.38. The van der Waals surface area contributed by atoms with Gasteiger partial charge in [-0.1, -0.05) is 32.9 Å². The second-order valence-corrected chi connectivity index (χ2v) is 9.02. The molecule has 0 atom stereocenters. The first-order valence-electron chi connectivity index (χ1n) is 8.06. The molecule has 0 aromatic heterocycles. The summed E-state index contributed by atoms with van der Waals surface area (Å²) in [5, 5.41) is 8.64. The van der Waals surface area contributed by atoms with Gasteiger partial charge in [-0.2, -0.15) is 9.57 Å². The summed E-state index contributed by atoms with van der Waals surface area (Å²) in [4.78, 5) is 1.67. The van der Waals surface area contributed by atoms with Gasteiger partial charge < -0.3 is 4.90 Å². The topological polar surface area (TPSA) is 65.6 Å². The first kappa shape index (κ1) is 17.9. The third-order valence-electron chi connectivity index (χ3n) is 4.38. The Kier molecular flexibility index (Phi) is 5.45. The van der Waals surface area contributed by atoms with Gasteiger partial charge in [-0.25, -0.2) is 8.42 Å². The van der Waals surface area contributed by atoms with E-state index in [0.29, 0.717) is 24.4 Å². The number of nitriles is 1. The van der Waals surface area contributed by atoms with Crippen LogP contribution in [0.25, 0.3) is 0 Å². The molecule has 1 heterocycles. The Labute approximate surface area is 139 Å². The minimum atomic E-state index is -3.41. The van der Waals surface area contributed by atoms with Crippen LogP contribution in [-0.4, -0.2) is 45.4 Å². The predicted octanol–water partition coefficient (Wildman–Crippen LogP) is 0.787. The average Bonchev–Trinajstić information content (AvgIpc) is 2.52. The summed E-state index contributed by atoms with van der Waals surface area (Å²) >= 11 is 0. The van der Waals surface area contributed by atoms with Gasteiger partial charge in [0.1, 0.15) is 0 Å². The smallest absolute Gasteiger partial charge is 0.243 e. The lowest BCUT2D eigenvalue weighted by molar-refractivity contribution is -0.903. The summed E-state index contributed by atoms with van der Waals surface area (Å²) in [5.74, 6) is 0. The highest BCUT2D eigenvalue weighted by Crippen LogP contribution is 2.24. The van der Waals surface area contributed by atoms with Gasteiger partial charge in [0.15, 0.2) is 0 Å². The van der Waals surface area contributed by atoms with E-state index in [1.165, 1.54) is 4.90 Å². The maximum absolute atomic E-state index is 12.7. The van der Waals surface area contributed by atoms with E-state index in [4.69, 9.17) is 5.26 Å². The summed E-state index contributed by atoms with van der Waals surface area (Å²) in [6.07, 6.45) is 0.524. The van der Waals surface area contributed by atoms with Crippen LogP contribution in [0.15, 0.2) is 29.2 Å². The van der Waals surface area contributed by atoms with Crippen LogP contribution < -0.4 is 4.90 Å². The van der Waals surface area contributed by atoms with Crippen molar-refractivity contribution in [3.05, 3.63) is 29.8 Å². The van der Waals surface area contributed by atoms with Crippen LogP contribution >= 0.6 is 0 Å². The Morgan fingerprint density at radius 1 is 1.17 bits per heavy atom. The highest BCUT2D eigenvalue weighted by molar-refractivity contribution is 7.89. The first-order valence-corrected chi connectivity index (χ1v) is 9.50. The molecule has 0 radical (unpaired) electrons. The van der Waals surface area contributed by atoms with Gasteiger partial charge >= 0.3 is 0 Å². The molecular formula is C17H26N3O2S+. The fourth-order valence-electron chi connectivity index (χ4n) is 2.80. The molecule has 0 bridgehead atoms. The van der Waals surface area contributed by atoms with Gasteiger partial charge in [-0.3, -0.25) is 0 Å². The average molecular weight is 336 g/mol. The second-order valence-electron chi connectivity index (χ2n) is 7.09. The van der Waals surface area contributed by atoms with Gasteiger partial charge in [-0.15, -0.1) is 0 Å². The number of sulfonamides is 1. The van der Waals surface area contributed by atoms with E-state index in [1.807, 2.05) is 12.1 Å². The van der Waals surface area contributed by atoms with Crippen molar-refractivity contribution >= 4 is 10.0 Å². The summed E-state index contributed by atoms with van der Waals surface area (Å²) in [5.41, 5.74) is 1.14. The largest absolute Gasteiger partial charge is 0.332 e. The number of nitrogens with zero attached hydrogens (tertiary/aromatic N) is 2. The quantitative estimate of drug-likeness (QED) is 0.884. The van der Waals surface area contributed by atoms with Gasteiger partial charge in [0.25, 0.3) is 0 Å². The molecule has 5 nitrogen and oxygen atoms in total. The lowest BCUT2D eigenvalue weighted by atomic mass is 9.87. The molecule has 126 valence electrons. The van der Waals surface area contributed by atoms with Crippen LogP contribution in [0.3, 0.4) is 0 Å². The van der Waals surface area contributed by atoms with Gasteiger partial charge in [-0.05, 0) is 23.1 Å². The van der Waals surface area contributed by atoms with Crippen molar-refractivity contribution in [2.45, 2.75) is 37.5 Å². The molecule has 0 aliphatic carbocycles. The fraction of sp³-hybridized carbons (Fsp3) is 0.588. The van der Waals surface area contributed by atoms with Crippen LogP contribution in [-0.2, 0) is 15.4 Å². The molecule has 1 aromatic carbocycles. The van der Waals surface area contributed by atoms with Crippen LogP contribution in [0.2, 0.25) is 0 Å². The lowest BCUT2D eigenvalue weighted by Crippen LogP contribution is -3.14. The van der Waals surface area contributed by atoms with Crippen molar-refractivity contribution in [3.8, 4) is 6.07 Å². The third kappa shape index (κ3) is 4.31. The van der Waals surface area contributed by atoms with Gasteiger partial charge in [0.2, 0.25) is 10.0 Å². The lowest BCUT2D eigenvalue weighted by Gasteiger charge is -2.31. The van der Waals surface area contributed by atoms with E-state index in [1.54, 1.807) is 16.4 Å². The van der Waals surface area contributed by atoms with Crippen molar-refractivity contribution in [1.82, 2.24) is 4.31 Å². The number of hydrogen-bond acceptors (Lipinski definition) is 3. The minimum absolute atomic E-state index is 0.0119. The number of hydrogen-bond donors (Lipinski definition) is 1. The van der Waals surface area contributed by atoms with Crippen LogP contribution in [0.5, 0.6) is 0 Å². The van der Waals surface area contributed by atoms with E-state index in [2.05, 4.69) is 26.8 Å². The van der Waals surface area contributed by atoms with E-state index in [9.17, 15) is 8.42 Å². The molecule has 0 amide bonds. The molecule has 2 rings (SSSR count). The minimum Gasteiger partial charge on any atom is -0.332 e. The molecule has 1 aromatic rings. The number of nitrogens with one attached hydrogen (secondary N) is 1. The molecule has 23 heavy (non-hydrogen) atoms. The molecule has 1 aliphatic heterocycles. The third-order valence-corrected chi connectivity index (χ3v) is 6.29. The predicted molar refractivity (Wildman–Crippen MR) is 89.7 cm³/mol. The van der Waals surface area contributed by atoms with Gasteiger partial charge in [0.05, 0.1) is 50.1 Å². The van der Waals surface area contributed by atoms with Crippen LogP contribution in [0, 0.1) is 11.3 Å². The Balaban J connectivity index is 2.07. The second kappa shape index (κ2) is 7.00. The van der Waals surface area contributed by atoms with E-state index >= 15 is 0 Å². The molecular weight excluding hydrogens is 310 g/mol. The summed E-state index contributed by atoms with van der Waals surface area (Å²) < 4.78 is 27.0. The summed E-state index contributed by atoms with van der Waals surface area (Å²) in [6.45, 7) is 9.69. The van der Waals surface area contributed by atoms with Gasteiger partial charge in [0, 0.05) is 0 Å². The molecule has 0 spiro atoms. The SMILES string of the molecule is CC(C)(C)c1ccc(S(=O)(=O)N2CC[NH+](CCC#N)CC2)cc1. The highest BCUT2D eigenvalue weighted by atomic mass is 32.2. The Bertz CT molecular complexity index is 661. The maximum Gasteiger partial charge on any atom is 0.243 e. The Hall–Kier alpha value is -1.42. The number of rotatable bonds is 4. The van der Waals surface area contributed by atoms with E-state index < -0.39 is 10.0 Å². The Morgan fingerprint density at radius 3 is 2.22 bits per heavy atom. The van der Waals surface area contributed by atoms with Crippen LogP contribution in [0.4, 0.5) is 0 Å². The van der Waals surface area contributed by atoms with Crippen molar-refractivity contribution in [3.63, 3.8) is 0 Å². The zero-order chi connectivity index (χ0) is 17.1. The fourth-order valence-corrected chi connectivity index (χ4v) is 4.24. The molecule has 1 saturated heterocycles. The number of quaternary nitrogens is 1. The van der Waals surface area contributed by atoms with Crippen molar-refractivity contribution in [1.29, 1.82) is 5.26 Å². The van der Waals surface area contributed by atoms with E-state index in [-0.39, 0.29) is 5.41 Å². The molecule has 6 heteroatoms. The van der Waals surface area contributed by atoms with E-state index in [0.717, 1.165) is 25.2 Å². The first-order chi connectivity index (χ1) is 10.7. The Morgan fingerprint density at radius 2 is 1.74 bits per heavy atom.